The average molecular weight is 325 g/mol. The summed E-state index contributed by atoms with van der Waals surface area (Å²) >= 11 is 0. The SMILES string of the molecule is O=C(NC1CCN(C(=O)Oc2ccccc2)CC1)c1cccnc1. The van der Waals surface area contributed by atoms with Crippen molar-refractivity contribution in [3.05, 3.63) is 60.4 Å². The number of nitrogens with one attached hydrogen (secondary N) is 1. The lowest BCUT2D eigenvalue weighted by Crippen LogP contribution is -2.47. The van der Waals surface area contributed by atoms with E-state index in [-0.39, 0.29) is 18.0 Å². The van der Waals surface area contributed by atoms with Gasteiger partial charge in [0.1, 0.15) is 5.75 Å². The summed E-state index contributed by atoms with van der Waals surface area (Å²) in [5.74, 6) is 0.405. The summed E-state index contributed by atoms with van der Waals surface area (Å²) in [6.07, 6.45) is 4.24. The van der Waals surface area contributed by atoms with E-state index in [4.69, 9.17) is 4.74 Å². The van der Waals surface area contributed by atoms with Crippen molar-refractivity contribution in [1.82, 2.24) is 15.2 Å². The Hall–Kier alpha value is -2.89. The minimum absolute atomic E-state index is 0.0541. The number of hydrogen-bond acceptors (Lipinski definition) is 4. The van der Waals surface area contributed by atoms with Crippen molar-refractivity contribution in [3.8, 4) is 5.75 Å². The van der Waals surface area contributed by atoms with Crippen molar-refractivity contribution in [2.45, 2.75) is 18.9 Å². The molecule has 6 heteroatoms. The first-order valence-corrected chi connectivity index (χ1v) is 7.95. The van der Waals surface area contributed by atoms with Gasteiger partial charge in [0.05, 0.1) is 5.56 Å². The van der Waals surface area contributed by atoms with Gasteiger partial charge in [0.15, 0.2) is 0 Å². The molecule has 124 valence electrons. The monoisotopic (exact) mass is 325 g/mol. The van der Waals surface area contributed by atoms with E-state index < -0.39 is 0 Å². The summed E-state index contributed by atoms with van der Waals surface area (Å²) in [5, 5.41) is 2.99. The summed E-state index contributed by atoms with van der Waals surface area (Å²) in [7, 11) is 0. The molecule has 0 unspecified atom stereocenters. The highest BCUT2D eigenvalue weighted by molar-refractivity contribution is 5.94. The first-order valence-electron chi connectivity index (χ1n) is 7.95. The van der Waals surface area contributed by atoms with Gasteiger partial charge in [-0.25, -0.2) is 4.79 Å². The Bertz CT molecular complexity index is 683. The molecule has 1 aliphatic heterocycles. The largest absolute Gasteiger partial charge is 0.415 e. The predicted molar refractivity (Wildman–Crippen MR) is 88.8 cm³/mol. The van der Waals surface area contributed by atoms with Gasteiger partial charge < -0.3 is 15.0 Å². The van der Waals surface area contributed by atoms with Gasteiger partial charge in [0.25, 0.3) is 5.91 Å². The van der Waals surface area contributed by atoms with Crippen LogP contribution in [0.25, 0.3) is 0 Å². The van der Waals surface area contributed by atoms with Gasteiger partial charge in [-0.15, -0.1) is 0 Å². The number of carbonyl (C=O) groups is 2. The summed E-state index contributed by atoms with van der Waals surface area (Å²) < 4.78 is 5.33. The maximum Gasteiger partial charge on any atom is 0.415 e. The topological polar surface area (TPSA) is 71.5 Å². The van der Waals surface area contributed by atoms with Gasteiger partial charge in [-0.3, -0.25) is 9.78 Å². The number of benzene rings is 1. The second-order valence-corrected chi connectivity index (χ2v) is 5.66. The second-order valence-electron chi connectivity index (χ2n) is 5.66. The van der Waals surface area contributed by atoms with E-state index in [0.29, 0.717) is 37.2 Å². The number of ether oxygens (including phenoxy) is 1. The highest BCUT2D eigenvalue weighted by Crippen LogP contribution is 2.15. The van der Waals surface area contributed by atoms with Crippen LogP contribution in [-0.4, -0.2) is 41.0 Å². The molecule has 1 N–H and O–H groups in total. The predicted octanol–water partition coefficient (Wildman–Crippen LogP) is 2.47. The molecule has 24 heavy (non-hydrogen) atoms. The van der Waals surface area contributed by atoms with Gasteiger partial charge in [-0.2, -0.15) is 0 Å². The summed E-state index contributed by atoms with van der Waals surface area (Å²) in [4.78, 5) is 29.8. The van der Waals surface area contributed by atoms with E-state index in [1.54, 1.807) is 41.6 Å². The van der Waals surface area contributed by atoms with E-state index in [1.165, 1.54) is 0 Å². The van der Waals surface area contributed by atoms with E-state index in [2.05, 4.69) is 10.3 Å². The molecule has 2 heterocycles. The zero-order valence-corrected chi connectivity index (χ0v) is 13.2. The highest BCUT2D eigenvalue weighted by atomic mass is 16.6. The molecule has 0 saturated carbocycles. The summed E-state index contributed by atoms with van der Waals surface area (Å²) in [5.41, 5.74) is 0.545. The van der Waals surface area contributed by atoms with Gasteiger partial charge in [-0.1, -0.05) is 18.2 Å². The quantitative estimate of drug-likeness (QED) is 0.941. The Morgan fingerprint density at radius 1 is 1.08 bits per heavy atom. The lowest BCUT2D eigenvalue weighted by atomic mass is 10.0. The fourth-order valence-electron chi connectivity index (χ4n) is 2.63. The number of para-hydroxylation sites is 1. The van der Waals surface area contributed by atoms with Crippen molar-refractivity contribution < 1.29 is 14.3 Å². The van der Waals surface area contributed by atoms with Crippen LogP contribution in [0, 0.1) is 0 Å². The minimum Gasteiger partial charge on any atom is -0.410 e. The molecule has 6 nitrogen and oxygen atoms in total. The van der Waals surface area contributed by atoms with E-state index >= 15 is 0 Å². The molecule has 3 rings (SSSR count). The van der Waals surface area contributed by atoms with Gasteiger partial charge in [0, 0.05) is 31.5 Å². The molecular formula is C18H19N3O3. The third-order valence-corrected chi connectivity index (χ3v) is 3.96. The first kappa shape index (κ1) is 16.0. The van der Waals surface area contributed by atoms with Gasteiger partial charge in [0.2, 0.25) is 0 Å². The van der Waals surface area contributed by atoms with Crippen LogP contribution < -0.4 is 10.1 Å². The molecule has 2 amide bonds. The number of likely N-dealkylation sites (tertiary alicyclic amines) is 1. The Balaban J connectivity index is 1.47. The molecule has 2 aromatic rings. The van der Waals surface area contributed by atoms with Crippen LogP contribution in [-0.2, 0) is 0 Å². The second kappa shape index (κ2) is 7.59. The smallest absolute Gasteiger partial charge is 0.410 e. The Labute approximate surface area is 140 Å². The molecule has 0 aliphatic carbocycles. The van der Waals surface area contributed by atoms with Crippen LogP contribution in [0.5, 0.6) is 5.75 Å². The molecule has 1 aromatic carbocycles. The van der Waals surface area contributed by atoms with Crippen molar-refractivity contribution >= 4 is 12.0 Å². The Morgan fingerprint density at radius 3 is 2.50 bits per heavy atom. The number of carbonyl (C=O) groups excluding carboxylic acids is 2. The van der Waals surface area contributed by atoms with E-state index in [9.17, 15) is 9.59 Å². The standard InChI is InChI=1S/C18H19N3O3/c22-17(14-5-4-10-19-13-14)20-15-8-11-21(12-9-15)18(23)24-16-6-2-1-3-7-16/h1-7,10,13,15H,8-9,11-12H2,(H,20,22). The normalized spacial score (nSPS) is 14.9. The van der Waals surface area contributed by atoms with E-state index in [1.807, 2.05) is 18.2 Å². The van der Waals surface area contributed by atoms with Crippen LogP contribution in [0.15, 0.2) is 54.9 Å². The fraction of sp³-hybridized carbons (Fsp3) is 0.278. The molecule has 0 spiro atoms. The molecule has 1 aliphatic rings. The van der Waals surface area contributed by atoms with Gasteiger partial charge in [-0.05, 0) is 37.1 Å². The first-order chi connectivity index (χ1) is 11.7. The van der Waals surface area contributed by atoms with Crippen LogP contribution >= 0.6 is 0 Å². The Kier molecular flexibility index (Phi) is 5.05. The number of aromatic nitrogens is 1. The van der Waals surface area contributed by atoms with Crippen LogP contribution in [0.2, 0.25) is 0 Å². The number of hydrogen-bond donors (Lipinski definition) is 1. The molecule has 1 saturated heterocycles. The number of pyridine rings is 1. The lowest BCUT2D eigenvalue weighted by Gasteiger charge is -2.31. The van der Waals surface area contributed by atoms with E-state index in [0.717, 1.165) is 0 Å². The summed E-state index contributed by atoms with van der Waals surface area (Å²) in [6.45, 7) is 1.12. The maximum atomic E-state index is 12.1. The molecule has 0 bridgehead atoms. The van der Waals surface area contributed by atoms with Gasteiger partial charge >= 0.3 is 6.09 Å². The van der Waals surface area contributed by atoms with Crippen molar-refractivity contribution in [3.63, 3.8) is 0 Å². The number of rotatable bonds is 3. The highest BCUT2D eigenvalue weighted by Gasteiger charge is 2.25. The third-order valence-electron chi connectivity index (χ3n) is 3.96. The molecule has 0 radical (unpaired) electrons. The number of piperidine rings is 1. The molecule has 1 aromatic heterocycles. The lowest BCUT2D eigenvalue weighted by molar-refractivity contribution is 0.0909. The van der Waals surface area contributed by atoms with Crippen molar-refractivity contribution in [2.75, 3.05) is 13.1 Å². The number of nitrogens with zero attached hydrogens (tertiary/aromatic N) is 2. The van der Waals surface area contributed by atoms with Crippen LogP contribution in [0.3, 0.4) is 0 Å². The molecular weight excluding hydrogens is 306 g/mol. The zero-order chi connectivity index (χ0) is 16.8. The molecule has 0 atom stereocenters. The Morgan fingerprint density at radius 2 is 1.83 bits per heavy atom. The minimum atomic E-state index is -0.349. The van der Waals surface area contributed by atoms with Crippen molar-refractivity contribution in [1.29, 1.82) is 0 Å². The van der Waals surface area contributed by atoms with Crippen LogP contribution in [0.4, 0.5) is 4.79 Å². The fourth-order valence-corrected chi connectivity index (χ4v) is 2.63. The number of amides is 2. The molecule has 1 fully saturated rings. The van der Waals surface area contributed by atoms with Crippen molar-refractivity contribution in [2.24, 2.45) is 0 Å². The average Bonchev–Trinajstić information content (AvgIpc) is 2.64. The van der Waals surface area contributed by atoms with Crippen LogP contribution in [0.1, 0.15) is 23.2 Å². The maximum absolute atomic E-state index is 12.1. The summed E-state index contributed by atoms with van der Waals surface area (Å²) in [6, 6.07) is 12.5. The zero-order valence-electron chi connectivity index (χ0n) is 13.2. The third kappa shape index (κ3) is 4.10.